The van der Waals surface area contributed by atoms with E-state index in [1.54, 1.807) is 13.8 Å². The normalized spacial score (nSPS) is 13.9. The summed E-state index contributed by atoms with van der Waals surface area (Å²) >= 11 is 0. The van der Waals surface area contributed by atoms with Crippen molar-refractivity contribution in [3.05, 3.63) is 29.8 Å². The molecule has 1 atom stereocenters. The standard InChI is InChI=1S/C13H19N3O5S/c1-8(2)11(13(17)21-3)16-22(19,20)10-6-4-9(5-7-10)12(14)15-18/h4-8,11,16,18H,1-3H3,(H2,14,15). The Kier molecular flexibility index (Phi) is 5.89. The topological polar surface area (TPSA) is 131 Å². The van der Waals surface area contributed by atoms with E-state index in [9.17, 15) is 13.2 Å². The first-order valence-electron chi connectivity index (χ1n) is 6.41. The van der Waals surface area contributed by atoms with Crippen molar-refractivity contribution in [2.24, 2.45) is 16.8 Å². The Labute approximate surface area is 129 Å². The fourth-order valence-corrected chi connectivity index (χ4v) is 3.01. The molecule has 1 rings (SSSR count). The van der Waals surface area contributed by atoms with E-state index in [0.717, 1.165) is 0 Å². The van der Waals surface area contributed by atoms with Gasteiger partial charge in [0.2, 0.25) is 10.0 Å². The minimum atomic E-state index is -3.90. The zero-order chi connectivity index (χ0) is 16.9. The van der Waals surface area contributed by atoms with Crippen LogP contribution < -0.4 is 10.5 Å². The van der Waals surface area contributed by atoms with E-state index in [2.05, 4.69) is 14.6 Å². The molecule has 122 valence electrons. The average Bonchev–Trinajstić information content (AvgIpc) is 2.51. The van der Waals surface area contributed by atoms with Crippen molar-refractivity contribution in [1.29, 1.82) is 0 Å². The number of sulfonamides is 1. The molecule has 0 saturated heterocycles. The molecule has 8 nitrogen and oxygen atoms in total. The van der Waals surface area contributed by atoms with E-state index < -0.39 is 22.0 Å². The van der Waals surface area contributed by atoms with Gasteiger partial charge in [-0.15, -0.1) is 0 Å². The lowest BCUT2D eigenvalue weighted by atomic mass is 10.1. The van der Waals surface area contributed by atoms with Crippen LogP contribution in [0.4, 0.5) is 0 Å². The highest BCUT2D eigenvalue weighted by molar-refractivity contribution is 7.89. The molecule has 1 unspecified atom stereocenters. The smallest absolute Gasteiger partial charge is 0.324 e. The van der Waals surface area contributed by atoms with Gasteiger partial charge in [0.1, 0.15) is 6.04 Å². The predicted molar refractivity (Wildman–Crippen MR) is 79.9 cm³/mol. The number of nitrogens with zero attached hydrogens (tertiary/aromatic N) is 1. The summed E-state index contributed by atoms with van der Waals surface area (Å²) in [5, 5.41) is 11.4. The fraction of sp³-hybridized carbons (Fsp3) is 0.385. The van der Waals surface area contributed by atoms with Gasteiger partial charge < -0.3 is 15.7 Å². The van der Waals surface area contributed by atoms with E-state index in [0.29, 0.717) is 5.56 Å². The van der Waals surface area contributed by atoms with Crippen LogP contribution >= 0.6 is 0 Å². The Morgan fingerprint density at radius 2 is 1.86 bits per heavy atom. The minimum absolute atomic E-state index is 0.0449. The number of methoxy groups -OCH3 is 1. The monoisotopic (exact) mass is 329 g/mol. The summed E-state index contributed by atoms with van der Waals surface area (Å²) in [7, 11) is -2.71. The number of amidine groups is 1. The van der Waals surface area contributed by atoms with Crippen molar-refractivity contribution in [2.45, 2.75) is 24.8 Å². The summed E-state index contributed by atoms with van der Waals surface area (Å²) in [6.45, 7) is 3.40. The lowest BCUT2D eigenvalue weighted by molar-refractivity contribution is -0.143. The summed E-state index contributed by atoms with van der Waals surface area (Å²) in [5.41, 5.74) is 5.78. The van der Waals surface area contributed by atoms with Gasteiger partial charge in [-0.25, -0.2) is 8.42 Å². The van der Waals surface area contributed by atoms with Crippen molar-refractivity contribution in [2.75, 3.05) is 7.11 Å². The summed E-state index contributed by atoms with van der Waals surface area (Å²) in [6, 6.07) is 4.39. The van der Waals surface area contributed by atoms with Gasteiger partial charge >= 0.3 is 5.97 Å². The Balaban J connectivity index is 3.06. The van der Waals surface area contributed by atoms with Crippen LogP contribution in [-0.2, 0) is 19.6 Å². The quantitative estimate of drug-likeness (QED) is 0.225. The second-order valence-electron chi connectivity index (χ2n) is 4.88. The third-order valence-corrected chi connectivity index (χ3v) is 4.43. The number of oxime groups is 1. The Hall–Kier alpha value is -2.13. The van der Waals surface area contributed by atoms with Gasteiger partial charge in [0.05, 0.1) is 12.0 Å². The van der Waals surface area contributed by atoms with Crippen molar-refractivity contribution < 1.29 is 23.2 Å². The lowest BCUT2D eigenvalue weighted by Gasteiger charge is -2.19. The van der Waals surface area contributed by atoms with Crippen LogP contribution in [0.15, 0.2) is 34.3 Å². The maximum atomic E-state index is 12.3. The van der Waals surface area contributed by atoms with Crippen molar-refractivity contribution in [1.82, 2.24) is 4.72 Å². The third-order valence-electron chi connectivity index (χ3n) is 2.97. The van der Waals surface area contributed by atoms with Gasteiger partial charge in [0.15, 0.2) is 5.84 Å². The molecule has 0 heterocycles. The predicted octanol–water partition coefficient (Wildman–Crippen LogP) is 0.257. The van der Waals surface area contributed by atoms with Crippen LogP contribution in [0.3, 0.4) is 0 Å². The van der Waals surface area contributed by atoms with Crippen molar-refractivity contribution in [3.8, 4) is 0 Å². The number of carbonyl (C=O) groups excluding carboxylic acids is 1. The van der Waals surface area contributed by atoms with E-state index in [-0.39, 0.29) is 16.6 Å². The number of hydrogen-bond donors (Lipinski definition) is 3. The zero-order valence-corrected chi connectivity index (χ0v) is 13.3. The van der Waals surface area contributed by atoms with Crippen molar-refractivity contribution >= 4 is 21.8 Å². The molecule has 0 fully saturated rings. The number of rotatable bonds is 6. The first kappa shape index (κ1) is 17.9. The van der Waals surface area contributed by atoms with E-state index in [4.69, 9.17) is 10.9 Å². The zero-order valence-electron chi connectivity index (χ0n) is 12.5. The van der Waals surface area contributed by atoms with Crippen LogP contribution in [0.5, 0.6) is 0 Å². The van der Waals surface area contributed by atoms with E-state index in [1.165, 1.54) is 31.4 Å². The number of nitrogens with two attached hydrogens (primary N) is 1. The second kappa shape index (κ2) is 7.23. The largest absolute Gasteiger partial charge is 0.468 e. The molecule has 22 heavy (non-hydrogen) atoms. The second-order valence-corrected chi connectivity index (χ2v) is 6.59. The summed E-state index contributed by atoms with van der Waals surface area (Å²) in [4.78, 5) is 11.6. The molecule has 0 radical (unpaired) electrons. The summed E-state index contributed by atoms with van der Waals surface area (Å²) < 4.78 is 31.5. The summed E-state index contributed by atoms with van der Waals surface area (Å²) in [6.07, 6.45) is 0. The van der Waals surface area contributed by atoms with Gasteiger partial charge in [-0.3, -0.25) is 4.79 Å². The van der Waals surface area contributed by atoms with Crippen LogP contribution in [0.1, 0.15) is 19.4 Å². The van der Waals surface area contributed by atoms with E-state index >= 15 is 0 Å². The Morgan fingerprint density at radius 1 is 1.32 bits per heavy atom. The third kappa shape index (κ3) is 4.18. The maximum absolute atomic E-state index is 12.3. The molecule has 0 bridgehead atoms. The van der Waals surface area contributed by atoms with Gasteiger partial charge in [0, 0.05) is 5.56 Å². The molecule has 0 aliphatic carbocycles. The molecule has 1 aromatic carbocycles. The number of benzene rings is 1. The number of esters is 1. The molecule has 0 aliphatic rings. The molecule has 0 aliphatic heterocycles. The van der Waals surface area contributed by atoms with Crippen molar-refractivity contribution in [3.63, 3.8) is 0 Å². The number of carbonyl (C=O) groups is 1. The molecule has 9 heteroatoms. The van der Waals surface area contributed by atoms with Gasteiger partial charge in [0.25, 0.3) is 0 Å². The van der Waals surface area contributed by atoms with Gasteiger partial charge in [-0.2, -0.15) is 4.72 Å². The fourth-order valence-electron chi connectivity index (χ4n) is 1.68. The molecule has 0 saturated carbocycles. The first-order valence-corrected chi connectivity index (χ1v) is 7.89. The molecule has 0 spiro atoms. The van der Waals surface area contributed by atoms with Gasteiger partial charge in [-0.1, -0.05) is 19.0 Å². The Morgan fingerprint density at radius 3 is 2.27 bits per heavy atom. The SMILES string of the molecule is COC(=O)C(NS(=O)(=O)c1ccc(/C(N)=N\O)cc1)C(C)C. The molecule has 1 aromatic rings. The number of nitrogens with one attached hydrogen (secondary N) is 1. The first-order chi connectivity index (χ1) is 10.2. The van der Waals surface area contributed by atoms with Crippen LogP contribution in [0.25, 0.3) is 0 Å². The highest BCUT2D eigenvalue weighted by atomic mass is 32.2. The lowest BCUT2D eigenvalue weighted by Crippen LogP contribution is -2.44. The summed E-state index contributed by atoms with van der Waals surface area (Å²) in [5.74, 6) is -1.07. The Bertz CT molecular complexity index is 653. The maximum Gasteiger partial charge on any atom is 0.324 e. The van der Waals surface area contributed by atoms with Crippen LogP contribution in [0.2, 0.25) is 0 Å². The molecule has 4 N–H and O–H groups in total. The molecule has 0 aromatic heterocycles. The highest BCUT2D eigenvalue weighted by Gasteiger charge is 2.29. The molecular formula is C13H19N3O5S. The van der Waals surface area contributed by atoms with Crippen LogP contribution in [0, 0.1) is 5.92 Å². The molecule has 0 amide bonds. The van der Waals surface area contributed by atoms with Crippen LogP contribution in [-0.4, -0.2) is 38.6 Å². The van der Waals surface area contributed by atoms with Gasteiger partial charge in [-0.05, 0) is 30.2 Å². The highest BCUT2D eigenvalue weighted by Crippen LogP contribution is 2.14. The average molecular weight is 329 g/mol. The number of ether oxygens (including phenoxy) is 1. The number of hydrogen-bond acceptors (Lipinski definition) is 6. The molecular weight excluding hydrogens is 310 g/mol. The minimum Gasteiger partial charge on any atom is -0.468 e. The van der Waals surface area contributed by atoms with E-state index in [1.807, 2.05) is 0 Å².